The van der Waals surface area contributed by atoms with E-state index >= 15 is 0 Å². The Morgan fingerprint density at radius 1 is 0.805 bits per heavy atom. The number of rotatable bonds is 10. The molecule has 4 aromatic carbocycles. The lowest BCUT2D eigenvalue weighted by Gasteiger charge is -2.27. The minimum atomic E-state index is -0.101. The third kappa shape index (κ3) is 6.06. The number of hydrogen-bond donors (Lipinski definition) is 1. The highest BCUT2D eigenvalue weighted by Gasteiger charge is 2.29. The number of urea groups is 1. The molecule has 1 aromatic heterocycles. The lowest BCUT2D eigenvalue weighted by Crippen LogP contribution is -2.40. The zero-order valence-corrected chi connectivity index (χ0v) is 24.0. The van der Waals surface area contributed by atoms with Crippen molar-refractivity contribution in [1.82, 2.24) is 15.3 Å². The number of anilines is 1. The number of hydrazone groups is 1. The number of carbonyl (C=O) groups is 1. The van der Waals surface area contributed by atoms with Gasteiger partial charge in [-0.05, 0) is 61.3 Å². The van der Waals surface area contributed by atoms with Crippen LogP contribution in [0, 0.1) is 0 Å². The van der Waals surface area contributed by atoms with E-state index in [9.17, 15) is 4.79 Å². The van der Waals surface area contributed by atoms with E-state index in [1.807, 2.05) is 60.5 Å². The molecule has 0 saturated carbocycles. The summed E-state index contributed by atoms with van der Waals surface area (Å²) in [6.07, 6.45) is 2.28. The molecular formula is C34H33N5OS. The molecule has 2 heterocycles. The van der Waals surface area contributed by atoms with Gasteiger partial charge < -0.3 is 5.32 Å². The molecule has 2 amide bonds. The number of carbonyl (C=O) groups excluding carboxylic acids is 1. The predicted molar refractivity (Wildman–Crippen MR) is 170 cm³/mol. The van der Waals surface area contributed by atoms with Gasteiger partial charge in [0.2, 0.25) is 0 Å². The van der Waals surface area contributed by atoms with Crippen molar-refractivity contribution in [2.75, 3.05) is 25.0 Å². The average Bonchev–Trinajstić information content (AvgIpc) is 3.40. The maximum atomic E-state index is 14.0. The molecule has 41 heavy (non-hydrogen) atoms. The topological polar surface area (TPSA) is 60.8 Å². The molecule has 7 heteroatoms. The van der Waals surface area contributed by atoms with Gasteiger partial charge in [-0.15, -0.1) is 11.3 Å². The second-order valence-electron chi connectivity index (χ2n) is 10.2. The third-order valence-corrected chi connectivity index (χ3v) is 8.41. The summed E-state index contributed by atoms with van der Waals surface area (Å²) in [6.45, 7) is 1.82. The van der Waals surface area contributed by atoms with Crippen LogP contribution in [0.5, 0.6) is 0 Å². The van der Waals surface area contributed by atoms with Crippen molar-refractivity contribution in [1.29, 1.82) is 0 Å². The van der Waals surface area contributed by atoms with Gasteiger partial charge in [0.25, 0.3) is 0 Å². The molecule has 1 aliphatic rings. The number of nitrogens with zero attached hydrogens (tertiary/aromatic N) is 4. The number of thiazole rings is 1. The van der Waals surface area contributed by atoms with Gasteiger partial charge in [0.15, 0.2) is 0 Å². The maximum Gasteiger partial charge on any atom is 0.345 e. The van der Waals surface area contributed by atoms with Crippen LogP contribution in [0.4, 0.5) is 10.5 Å². The number of fused-ring (bicyclic) bond motifs is 2. The number of aromatic nitrogens is 1. The Labute approximate surface area is 245 Å². The summed E-state index contributed by atoms with van der Waals surface area (Å²) in [4.78, 5) is 20.8. The van der Waals surface area contributed by atoms with Crippen LogP contribution in [0.3, 0.4) is 0 Å². The Morgan fingerprint density at radius 2 is 1.54 bits per heavy atom. The Kier molecular flexibility index (Phi) is 8.16. The van der Waals surface area contributed by atoms with Crippen LogP contribution in [0.25, 0.3) is 21.3 Å². The number of para-hydroxylation sites is 2. The summed E-state index contributed by atoms with van der Waals surface area (Å²) in [5.41, 5.74) is 7.25. The van der Waals surface area contributed by atoms with Crippen LogP contribution < -0.4 is 10.2 Å². The normalized spacial score (nSPS) is 13.3. The van der Waals surface area contributed by atoms with Gasteiger partial charge >= 0.3 is 6.03 Å². The minimum absolute atomic E-state index is 0.101. The van der Waals surface area contributed by atoms with Crippen LogP contribution in [0.15, 0.2) is 108 Å². The lowest BCUT2D eigenvalue weighted by atomic mass is 10.0. The highest BCUT2D eigenvalue weighted by molar-refractivity contribution is 7.18. The predicted octanol–water partition coefficient (Wildman–Crippen LogP) is 7.35. The van der Waals surface area contributed by atoms with Gasteiger partial charge in [0.05, 0.1) is 33.2 Å². The van der Waals surface area contributed by atoms with Crippen LogP contribution >= 0.6 is 11.3 Å². The van der Waals surface area contributed by atoms with Crippen molar-refractivity contribution >= 4 is 39.0 Å². The first-order chi connectivity index (χ1) is 20.2. The Bertz CT molecular complexity index is 1630. The first kappa shape index (κ1) is 26.9. The largest absolute Gasteiger partial charge is 0.345 e. The van der Waals surface area contributed by atoms with E-state index < -0.39 is 0 Å². The van der Waals surface area contributed by atoms with E-state index in [-0.39, 0.29) is 6.03 Å². The number of nitrogens with one attached hydrogen (secondary N) is 1. The van der Waals surface area contributed by atoms with Gasteiger partial charge in [-0.25, -0.2) is 14.8 Å². The zero-order chi connectivity index (χ0) is 28.0. The third-order valence-electron chi connectivity index (χ3n) is 7.31. The molecule has 206 valence electrons. The zero-order valence-electron chi connectivity index (χ0n) is 23.2. The van der Waals surface area contributed by atoms with Gasteiger partial charge in [-0.2, -0.15) is 5.10 Å². The molecule has 1 aliphatic heterocycles. The number of benzene rings is 4. The van der Waals surface area contributed by atoms with E-state index in [0.717, 1.165) is 58.0 Å². The standard InChI is InChI=1S/C34H33N5OS/c1-35-22-9-23-39-34(40)38(24-25-16-18-27(19-17-25)26-10-3-2-4-11-26)31-14-7-5-12-28(31)29(37-39)20-21-33-36-30-13-6-8-15-32(30)41-33/h2-8,10-19,35H,9,20-24H2,1H3. The van der Waals surface area contributed by atoms with Gasteiger partial charge in [-0.3, -0.25) is 4.90 Å². The Hall–Kier alpha value is -4.33. The van der Waals surface area contributed by atoms with Crippen molar-refractivity contribution in [2.24, 2.45) is 5.10 Å². The van der Waals surface area contributed by atoms with Crippen LogP contribution in [-0.4, -0.2) is 41.9 Å². The average molecular weight is 560 g/mol. The summed E-state index contributed by atoms with van der Waals surface area (Å²) in [6, 6.07) is 35.1. The molecule has 0 bridgehead atoms. The van der Waals surface area contributed by atoms with Gasteiger partial charge in [0, 0.05) is 18.5 Å². The molecule has 0 spiro atoms. The number of amides is 2. The lowest BCUT2D eigenvalue weighted by molar-refractivity contribution is 0.206. The van der Waals surface area contributed by atoms with E-state index in [0.29, 0.717) is 19.5 Å². The summed E-state index contributed by atoms with van der Waals surface area (Å²) >= 11 is 1.73. The van der Waals surface area contributed by atoms with Crippen molar-refractivity contribution in [3.05, 3.63) is 119 Å². The van der Waals surface area contributed by atoms with Gasteiger partial charge in [-0.1, -0.05) is 84.9 Å². The molecule has 0 unspecified atom stereocenters. The summed E-state index contributed by atoms with van der Waals surface area (Å²) < 4.78 is 1.19. The molecule has 0 aliphatic carbocycles. The summed E-state index contributed by atoms with van der Waals surface area (Å²) in [5.74, 6) is 0. The first-order valence-electron chi connectivity index (χ1n) is 14.1. The number of aryl methyl sites for hydroxylation is 1. The second kappa shape index (κ2) is 12.5. The fourth-order valence-electron chi connectivity index (χ4n) is 5.19. The molecule has 5 aromatic rings. The van der Waals surface area contributed by atoms with Crippen molar-refractivity contribution in [3.63, 3.8) is 0 Å². The minimum Gasteiger partial charge on any atom is -0.320 e. The first-order valence-corrected chi connectivity index (χ1v) is 14.9. The number of hydrogen-bond acceptors (Lipinski definition) is 5. The monoisotopic (exact) mass is 559 g/mol. The van der Waals surface area contributed by atoms with E-state index in [4.69, 9.17) is 10.1 Å². The van der Waals surface area contributed by atoms with Crippen molar-refractivity contribution in [2.45, 2.75) is 25.8 Å². The molecule has 0 atom stereocenters. The molecular weight excluding hydrogens is 526 g/mol. The van der Waals surface area contributed by atoms with E-state index in [2.05, 4.69) is 59.9 Å². The van der Waals surface area contributed by atoms with Crippen LogP contribution in [0.2, 0.25) is 0 Å². The Morgan fingerprint density at radius 3 is 2.34 bits per heavy atom. The van der Waals surface area contributed by atoms with Crippen LogP contribution in [0.1, 0.15) is 29.0 Å². The van der Waals surface area contributed by atoms with Crippen molar-refractivity contribution in [3.8, 4) is 11.1 Å². The fourth-order valence-corrected chi connectivity index (χ4v) is 6.16. The maximum absolute atomic E-state index is 14.0. The summed E-state index contributed by atoms with van der Waals surface area (Å²) in [5, 5.41) is 10.9. The SMILES string of the molecule is CNCCCN1N=C(CCc2nc3ccccc3s2)c2ccccc2N(Cc2ccc(-c3ccccc3)cc2)C1=O. The Balaban J connectivity index is 1.30. The fraction of sp³-hybridized carbons (Fsp3) is 0.206. The molecule has 1 N–H and O–H groups in total. The quantitative estimate of drug-likeness (QED) is 0.182. The molecule has 0 radical (unpaired) electrons. The second-order valence-corrected chi connectivity index (χ2v) is 11.3. The highest BCUT2D eigenvalue weighted by Crippen LogP contribution is 2.31. The smallest absolute Gasteiger partial charge is 0.320 e. The summed E-state index contributed by atoms with van der Waals surface area (Å²) in [7, 11) is 1.93. The van der Waals surface area contributed by atoms with E-state index in [1.54, 1.807) is 16.3 Å². The highest BCUT2D eigenvalue weighted by atomic mass is 32.1. The van der Waals surface area contributed by atoms with Gasteiger partial charge in [0.1, 0.15) is 0 Å². The molecule has 0 fully saturated rings. The van der Waals surface area contributed by atoms with Crippen molar-refractivity contribution < 1.29 is 4.79 Å². The van der Waals surface area contributed by atoms with E-state index in [1.165, 1.54) is 10.3 Å². The molecule has 0 saturated heterocycles. The molecule has 6 rings (SSSR count). The van der Waals surface area contributed by atoms with Crippen LogP contribution in [-0.2, 0) is 13.0 Å². The molecule has 6 nitrogen and oxygen atoms in total.